The maximum absolute atomic E-state index is 12.1. The van der Waals surface area contributed by atoms with Crippen molar-refractivity contribution in [1.29, 1.82) is 0 Å². The average Bonchev–Trinajstić information content (AvgIpc) is 2.90. The summed E-state index contributed by atoms with van der Waals surface area (Å²) in [6.07, 6.45) is 1.69. The van der Waals surface area contributed by atoms with Gasteiger partial charge in [-0.2, -0.15) is 0 Å². The molecule has 0 aliphatic carbocycles. The highest BCUT2D eigenvalue weighted by Crippen LogP contribution is 2.33. The molecule has 20 heavy (non-hydrogen) atoms. The summed E-state index contributed by atoms with van der Waals surface area (Å²) in [5.74, 6) is -1.02. The maximum atomic E-state index is 12.1. The zero-order valence-corrected chi connectivity index (χ0v) is 12.7. The van der Waals surface area contributed by atoms with Gasteiger partial charge in [0, 0.05) is 4.88 Å². The average molecular weight is 311 g/mol. The Labute approximate surface area is 124 Å². The first-order valence-electron chi connectivity index (χ1n) is 5.98. The monoisotopic (exact) mass is 311 g/mol. The molecule has 106 valence electrons. The summed E-state index contributed by atoms with van der Waals surface area (Å²) < 4.78 is 4.75. The Morgan fingerprint density at radius 2 is 2.20 bits per heavy atom. The predicted octanol–water partition coefficient (Wildman–Crippen LogP) is 2.66. The molecule has 1 fully saturated rings. The molecule has 0 radical (unpaired) electrons. The van der Waals surface area contributed by atoms with Crippen LogP contribution in [-0.4, -0.2) is 35.2 Å². The lowest BCUT2D eigenvalue weighted by Gasteiger charge is -2.10. The molecule has 1 aliphatic rings. The number of esters is 1. The number of thiophene rings is 1. The zero-order valence-electron chi connectivity index (χ0n) is 11.0. The molecule has 0 aromatic carbocycles. The normalized spacial score (nSPS) is 17.1. The van der Waals surface area contributed by atoms with Crippen LogP contribution in [0.2, 0.25) is 0 Å². The van der Waals surface area contributed by atoms with Gasteiger partial charge in [0.15, 0.2) is 0 Å². The predicted molar refractivity (Wildman–Crippen MR) is 78.4 cm³/mol. The number of carbonyl (C=O) groups is 3. The molecule has 0 bridgehead atoms. The Morgan fingerprint density at radius 1 is 1.45 bits per heavy atom. The first kappa shape index (κ1) is 14.8. The van der Waals surface area contributed by atoms with E-state index in [1.165, 1.54) is 11.3 Å². The molecule has 1 aromatic heterocycles. The van der Waals surface area contributed by atoms with Crippen LogP contribution < -0.4 is 0 Å². The van der Waals surface area contributed by atoms with Gasteiger partial charge in [0.1, 0.15) is 6.54 Å². The second kappa shape index (κ2) is 6.23. The van der Waals surface area contributed by atoms with Crippen LogP contribution >= 0.6 is 23.1 Å². The van der Waals surface area contributed by atoms with E-state index in [-0.39, 0.29) is 13.2 Å². The number of carbonyl (C=O) groups excluding carboxylic acids is 3. The quantitative estimate of drug-likeness (QED) is 0.632. The summed E-state index contributed by atoms with van der Waals surface area (Å²) in [5, 5.41) is 1.48. The van der Waals surface area contributed by atoms with Crippen LogP contribution in [-0.2, 0) is 14.3 Å². The fourth-order valence-corrected chi connectivity index (χ4v) is 3.38. The highest BCUT2D eigenvalue weighted by Gasteiger charge is 2.36. The number of amides is 2. The second-order valence-corrected chi connectivity index (χ2v) is 5.98. The van der Waals surface area contributed by atoms with Crippen LogP contribution in [0.4, 0.5) is 4.79 Å². The van der Waals surface area contributed by atoms with Gasteiger partial charge in [0.2, 0.25) is 0 Å². The molecule has 1 aromatic rings. The molecule has 2 amide bonds. The Morgan fingerprint density at radius 3 is 2.80 bits per heavy atom. The van der Waals surface area contributed by atoms with Crippen molar-refractivity contribution < 1.29 is 19.1 Å². The Bertz CT molecular complexity index is 591. The van der Waals surface area contributed by atoms with Crippen molar-refractivity contribution in [1.82, 2.24) is 4.90 Å². The van der Waals surface area contributed by atoms with Crippen molar-refractivity contribution in [3.8, 4) is 0 Å². The van der Waals surface area contributed by atoms with Crippen LogP contribution in [0.25, 0.3) is 6.08 Å². The number of rotatable bonds is 4. The summed E-state index contributed by atoms with van der Waals surface area (Å²) >= 11 is 2.35. The molecule has 0 saturated carbocycles. The van der Waals surface area contributed by atoms with Gasteiger partial charge < -0.3 is 4.74 Å². The SMILES string of the molecule is CCOC(=O)CN1C(=O)SC(=Cc2sccc2C)C1=O. The molecule has 2 rings (SSSR count). The third kappa shape index (κ3) is 3.10. The number of thioether (sulfide) groups is 1. The Balaban J connectivity index is 2.15. The number of aryl methyl sites for hydroxylation is 1. The van der Waals surface area contributed by atoms with Crippen LogP contribution in [0.3, 0.4) is 0 Å². The van der Waals surface area contributed by atoms with Gasteiger partial charge in [-0.1, -0.05) is 0 Å². The Kier molecular flexibility index (Phi) is 4.61. The summed E-state index contributed by atoms with van der Waals surface area (Å²) in [7, 11) is 0. The van der Waals surface area contributed by atoms with Crippen LogP contribution in [0.1, 0.15) is 17.4 Å². The van der Waals surface area contributed by atoms with Crippen molar-refractivity contribution in [3.05, 3.63) is 26.8 Å². The Hall–Kier alpha value is -1.60. The fraction of sp³-hybridized carbons (Fsp3) is 0.308. The largest absolute Gasteiger partial charge is 0.465 e. The lowest BCUT2D eigenvalue weighted by atomic mass is 10.2. The molecule has 0 unspecified atom stereocenters. The van der Waals surface area contributed by atoms with Crippen LogP contribution in [0.15, 0.2) is 16.4 Å². The summed E-state index contributed by atoms with van der Waals surface area (Å²) in [5.41, 5.74) is 1.05. The van der Waals surface area contributed by atoms with E-state index in [1.54, 1.807) is 13.0 Å². The van der Waals surface area contributed by atoms with E-state index in [0.717, 1.165) is 27.1 Å². The van der Waals surface area contributed by atoms with Crippen LogP contribution in [0.5, 0.6) is 0 Å². The van der Waals surface area contributed by atoms with Crippen molar-refractivity contribution in [2.75, 3.05) is 13.2 Å². The van der Waals surface area contributed by atoms with Gasteiger partial charge in [-0.25, -0.2) is 0 Å². The van der Waals surface area contributed by atoms with Crippen molar-refractivity contribution >= 4 is 46.3 Å². The molecule has 1 aliphatic heterocycles. The fourth-order valence-electron chi connectivity index (χ4n) is 1.62. The van der Waals surface area contributed by atoms with E-state index in [1.807, 2.05) is 18.4 Å². The third-order valence-corrected chi connectivity index (χ3v) is 4.50. The van der Waals surface area contributed by atoms with Crippen LogP contribution in [0, 0.1) is 6.92 Å². The van der Waals surface area contributed by atoms with Gasteiger partial charge in [-0.3, -0.25) is 19.3 Å². The third-order valence-electron chi connectivity index (χ3n) is 2.63. The van der Waals surface area contributed by atoms with Gasteiger partial charge in [0.05, 0.1) is 11.5 Å². The lowest BCUT2D eigenvalue weighted by molar-refractivity contribution is -0.145. The number of imide groups is 1. The summed E-state index contributed by atoms with van der Waals surface area (Å²) in [6.45, 7) is 3.49. The van der Waals surface area contributed by atoms with Gasteiger partial charge in [-0.05, 0) is 48.7 Å². The van der Waals surface area contributed by atoms with E-state index in [4.69, 9.17) is 4.74 Å². The number of hydrogen-bond donors (Lipinski definition) is 0. The van der Waals surface area contributed by atoms with Crippen molar-refractivity contribution in [2.45, 2.75) is 13.8 Å². The number of hydrogen-bond acceptors (Lipinski definition) is 6. The highest BCUT2D eigenvalue weighted by atomic mass is 32.2. The van der Waals surface area contributed by atoms with E-state index < -0.39 is 17.1 Å². The van der Waals surface area contributed by atoms with E-state index >= 15 is 0 Å². The van der Waals surface area contributed by atoms with E-state index in [0.29, 0.717) is 4.91 Å². The van der Waals surface area contributed by atoms with Crippen molar-refractivity contribution in [2.24, 2.45) is 0 Å². The van der Waals surface area contributed by atoms with E-state index in [2.05, 4.69) is 0 Å². The number of ether oxygens (including phenoxy) is 1. The molecular weight excluding hydrogens is 298 g/mol. The van der Waals surface area contributed by atoms with Gasteiger partial charge in [0.25, 0.3) is 11.1 Å². The molecular formula is C13H13NO4S2. The minimum atomic E-state index is -0.580. The number of nitrogens with zero attached hydrogens (tertiary/aromatic N) is 1. The maximum Gasteiger partial charge on any atom is 0.326 e. The van der Waals surface area contributed by atoms with Gasteiger partial charge in [-0.15, -0.1) is 11.3 Å². The topological polar surface area (TPSA) is 63.7 Å². The minimum Gasteiger partial charge on any atom is -0.465 e. The smallest absolute Gasteiger partial charge is 0.326 e. The summed E-state index contributed by atoms with van der Waals surface area (Å²) in [6, 6.07) is 1.94. The summed E-state index contributed by atoms with van der Waals surface area (Å²) in [4.78, 5) is 37.4. The highest BCUT2D eigenvalue weighted by molar-refractivity contribution is 8.18. The molecule has 1 saturated heterocycles. The second-order valence-electron chi connectivity index (χ2n) is 4.04. The van der Waals surface area contributed by atoms with Crippen molar-refractivity contribution in [3.63, 3.8) is 0 Å². The van der Waals surface area contributed by atoms with E-state index in [9.17, 15) is 14.4 Å². The standard InChI is InChI=1S/C13H13NO4S2/c1-3-18-11(15)7-14-12(16)10(20-13(14)17)6-9-8(2)4-5-19-9/h4-6H,3,7H2,1-2H3. The molecule has 7 heteroatoms. The first-order chi connectivity index (χ1) is 9.52. The molecule has 0 atom stereocenters. The molecule has 0 spiro atoms. The molecule has 5 nitrogen and oxygen atoms in total. The lowest BCUT2D eigenvalue weighted by Crippen LogP contribution is -2.34. The minimum absolute atomic E-state index is 0.222. The molecule has 0 N–H and O–H groups in total. The zero-order chi connectivity index (χ0) is 14.7. The molecule has 2 heterocycles. The van der Waals surface area contributed by atoms with Gasteiger partial charge >= 0.3 is 5.97 Å². The first-order valence-corrected chi connectivity index (χ1v) is 7.67.